The fourth-order valence-electron chi connectivity index (χ4n) is 3.25. The first-order chi connectivity index (χ1) is 13.6. The average molecular weight is 385 g/mol. The van der Waals surface area contributed by atoms with E-state index in [0.717, 1.165) is 29.3 Å². The number of esters is 1. The van der Waals surface area contributed by atoms with E-state index in [2.05, 4.69) is 18.0 Å². The third-order valence-corrected chi connectivity index (χ3v) is 4.66. The topological polar surface area (TPSA) is 57.2 Å². The molecule has 1 aliphatic heterocycles. The molecule has 2 unspecified atom stereocenters. The summed E-state index contributed by atoms with van der Waals surface area (Å²) in [6, 6.07) is 15.7. The molecule has 28 heavy (non-hydrogen) atoms. The van der Waals surface area contributed by atoms with Crippen LogP contribution in [0.25, 0.3) is 0 Å². The number of carbonyl (C=O) groups is 1. The Hall–Kier alpha value is -2.73. The largest absolute Gasteiger partial charge is 0.490 e. The van der Waals surface area contributed by atoms with E-state index in [0.29, 0.717) is 19.6 Å². The number of nitrogens with zero attached hydrogens (tertiary/aromatic N) is 1. The van der Waals surface area contributed by atoms with Crippen molar-refractivity contribution < 1.29 is 23.7 Å². The number of methoxy groups -OCH3 is 1. The van der Waals surface area contributed by atoms with Gasteiger partial charge in [-0.05, 0) is 36.8 Å². The van der Waals surface area contributed by atoms with Crippen LogP contribution in [-0.4, -0.2) is 52.1 Å². The van der Waals surface area contributed by atoms with Crippen LogP contribution in [-0.2, 0) is 20.7 Å². The van der Waals surface area contributed by atoms with Gasteiger partial charge in [-0.3, -0.25) is 0 Å². The van der Waals surface area contributed by atoms with Gasteiger partial charge in [-0.2, -0.15) is 0 Å². The first-order valence-corrected chi connectivity index (χ1v) is 9.48. The summed E-state index contributed by atoms with van der Waals surface area (Å²) in [4.78, 5) is 14.0. The summed E-state index contributed by atoms with van der Waals surface area (Å²) in [5.74, 6) is 1.28. The zero-order chi connectivity index (χ0) is 19.9. The smallest absolute Gasteiger partial charge is 0.335 e. The molecule has 0 N–H and O–H groups in total. The highest BCUT2D eigenvalue weighted by Gasteiger charge is 2.24. The molecular formula is C22H27NO5. The van der Waals surface area contributed by atoms with E-state index >= 15 is 0 Å². The second kappa shape index (κ2) is 9.46. The fraction of sp³-hybridized carbons (Fsp3) is 0.409. The molecule has 0 bridgehead atoms. The molecule has 0 spiro atoms. The van der Waals surface area contributed by atoms with Crippen LogP contribution in [0.15, 0.2) is 48.5 Å². The van der Waals surface area contributed by atoms with E-state index in [1.165, 1.54) is 7.11 Å². The lowest BCUT2D eigenvalue weighted by Gasteiger charge is -2.33. The lowest BCUT2D eigenvalue weighted by molar-refractivity contribution is -0.153. The first-order valence-electron chi connectivity index (χ1n) is 9.48. The van der Waals surface area contributed by atoms with Gasteiger partial charge in [-0.15, -0.1) is 0 Å². The maximum Gasteiger partial charge on any atom is 0.335 e. The molecule has 6 heteroatoms. The quantitative estimate of drug-likeness (QED) is 0.651. The number of carbonyl (C=O) groups excluding carboxylic acids is 1. The van der Waals surface area contributed by atoms with Gasteiger partial charge in [-0.25, -0.2) is 4.79 Å². The molecule has 0 amide bonds. The summed E-state index contributed by atoms with van der Waals surface area (Å²) in [5.41, 5.74) is 2.08. The minimum Gasteiger partial charge on any atom is -0.490 e. The minimum atomic E-state index is -0.590. The Morgan fingerprint density at radius 1 is 1.21 bits per heavy atom. The summed E-state index contributed by atoms with van der Waals surface area (Å²) < 4.78 is 22.2. The van der Waals surface area contributed by atoms with Crippen LogP contribution in [0.1, 0.15) is 12.5 Å². The zero-order valence-corrected chi connectivity index (χ0v) is 16.6. The highest BCUT2D eigenvalue weighted by molar-refractivity contribution is 5.75. The van der Waals surface area contributed by atoms with Crippen molar-refractivity contribution in [1.82, 2.24) is 0 Å². The molecular weight excluding hydrogens is 358 g/mol. The van der Waals surface area contributed by atoms with Gasteiger partial charge in [0.25, 0.3) is 0 Å². The Balaban J connectivity index is 1.54. The van der Waals surface area contributed by atoms with Crippen LogP contribution >= 0.6 is 0 Å². The first kappa shape index (κ1) is 20.0. The van der Waals surface area contributed by atoms with Crippen molar-refractivity contribution in [2.24, 2.45) is 0 Å². The maximum atomic E-state index is 11.8. The van der Waals surface area contributed by atoms with Crippen molar-refractivity contribution in [1.29, 1.82) is 0 Å². The van der Waals surface area contributed by atoms with Crippen LogP contribution in [0.5, 0.6) is 11.5 Å². The van der Waals surface area contributed by atoms with Crippen LogP contribution < -0.4 is 14.4 Å². The maximum absolute atomic E-state index is 11.8. The van der Waals surface area contributed by atoms with Gasteiger partial charge >= 0.3 is 5.97 Å². The molecule has 3 rings (SSSR count). The summed E-state index contributed by atoms with van der Waals surface area (Å²) in [6.45, 7) is 3.54. The van der Waals surface area contributed by atoms with Gasteiger partial charge in [0.15, 0.2) is 6.10 Å². The molecule has 1 heterocycles. The molecule has 1 aliphatic rings. The van der Waals surface area contributed by atoms with E-state index in [4.69, 9.17) is 18.9 Å². The van der Waals surface area contributed by atoms with E-state index < -0.39 is 6.10 Å². The van der Waals surface area contributed by atoms with Gasteiger partial charge in [0.05, 0.1) is 19.3 Å². The van der Waals surface area contributed by atoms with Gasteiger partial charge in [0.1, 0.15) is 24.2 Å². The highest BCUT2D eigenvalue weighted by Crippen LogP contribution is 2.32. The van der Waals surface area contributed by atoms with Crippen LogP contribution in [0, 0.1) is 0 Å². The molecule has 0 aliphatic carbocycles. The van der Waals surface area contributed by atoms with Crippen molar-refractivity contribution in [3.63, 3.8) is 0 Å². The number of fused-ring (bicyclic) bond motifs is 1. The third kappa shape index (κ3) is 4.95. The van der Waals surface area contributed by atoms with E-state index in [1.807, 2.05) is 49.4 Å². The summed E-state index contributed by atoms with van der Waals surface area (Å²) in [6.07, 6.45) is -0.164. The van der Waals surface area contributed by atoms with E-state index in [9.17, 15) is 4.79 Å². The predicted molar refractivity (Wildman–Crippen MR) is 107 cm³/mol. The predicted octanol–water partition coefficient (Wildman–Crippen LogP) is 3.08. The Morgan fingerprint density at radius 3 is 2.68 bits per heavy atom. The molecule has 150 valence electrons. The van der Waals surface area contributed by atoms with Gasteiger partial charge in [0, 0.05) is 20.1 Å². The molecule has 6 nitrogen and oxygen atoms in total. The number of ether oxygens (including phenoxy) is 4. The Labute approximate surface area is 166 Å². The van der Waals surface area contributed by atoms with Crippen molar-refractivity contribution in [3.8, 4) is 11.5 Å². The molecule has 2 atom stereocenters. The number of hydrogen-bond acceptors (Lipinski definition) is 6. The SMILES string of the molecule is CCOC(Cc1ccc(OCC2CN(C)c3ccccc3O2)cc1)C(=O)OC. The van der Waals surface area contributed by atoms with Crippen LogP contribution in [0.3, 0.4) is 0 Å². The molecule has 0 radical (unpaired) electrons. The number of rotatable bonds is 8. The third-order valence-electron chi connectivity index (χ3n) is 4.66. The van der Waals surface area contributed by atoms with Crippen molar-refractivity contribution in [2.45, 2.75) is 25.6 Å². The molecule has 2 aromatic rings. The standard InChI is InChI=1S/C22H27NO5/c1-4-26-21(22(24)25-3)13-16-9-11-17(12-10-16)27-15-18-14-23(2)19-7-5-6-8-20(19)28-18/h5-12,18,21H,4,13-15H2,1-3H3. The second-order valence-corrected chi connectivity index (χ2v) is 6.71. The Kier molecular flexibility index (Phi) is 6.76. The van der Waals surface area contributed by atoms with Gasteiger partial charge in [0.2, 0.25) is 0 Å². The summed E-state index contributed by atoms with van der Waals surface area (Å²) >= 11 is 0. The number of hydrogen-bond donors (Lipinski definition) is 0. The lowest BCUT2D eigenvalue weighted by Crippen LogP contribution is -2.41. The van der Waals surface area contributed by atoms with E-state index in [1.54, 1.807) is 0 Å². The van der Waals surface area contributed by atoms with Crippen LogP contribution in [0.4, 0.5) is 5.69 Å². The number of likely N-dealkylation sites (N-methyl/N-ethyl adjacent to an activating group) is 1. The zero-order valence-electron chi connectivity index (χ0n) is 16.6. The van der Waals surface area contributed by atoms with Crippen molar-refractivity contribution in [3.05, 3.63) is 54.1 Å². The van der Waals surface area contributed by atoms with Gasteiger partial charge in [-0.1, -0.05) is 24.3 Å². The van der Waals surface area contributed by atoms with Crippen LogP contribution in [0.2, 0.25) is 0 Å². The number of anilines is 1. The number of para-hydroxylation sites is 2. The van der Waals surface area contributed by atoms with Crippen molar-refractivity contribution >= 4 is 11.7 Å². The second-order valence-electron chi connectivity index (χ2n) is 6.71. The lowest BCUT2D eigenvalue weighted by atomic mass is 10.1. The minimum absolute atomic E-state index is 0.0405. The molecule has 0 saturated heterocycles. The molecule has 2 aromatic carbocycles. The Bertz CT molecular complexity index is 777. The molecule has 0 fully saturated rings. The Morgan fingerprint density at radius 2 is 1.96 bits per heavy atom. The molecule has 0 aromatic heterocycles. The summed E-state index contributed by atoms with van der Waals surface area (Å²) in [7, 11) is 3.42. The normalized spacial score (nSPS) is 16.7. The average Bonchev–Trinajstić information content (AvgIpc) is 2.72. The summed E-state index contributed by atoms with van der Waals surface area (Å²) in [5, 5.41) is 0. The highest BCUT2D eigenvalue weighted by atomic mass is 16.6. The van der Waals surface area contributed by atoms with E-state index in [-0.39, 0.29) is 12.1 Å². The number of benzene rings is 2. The van der Waals surface area contributed by atoms with Crippen molar-refractivity contribution in [2.75, 3.05) is 38.8 Å². The monoisotopic (exact) mass is 385 g/mol. The fourth-order valence-corrected chi connectivity index (χ4v) is 3.25. The molecule has 0 saturated carbocycles. The van der Waals surface area contributed by atoms with Gasteiger partial charge < -0.3 is 23.8 Å².